The van der Waals surface area contributed by atoms with Crippen molar-refractivity contribution in [2.24, 2.45) is 0 Å². The Labute approximate surface area is 184 Å². The Bertz CT molecular complexity index is 983. The van der Waals surface area contributed by atoms with Crippen LogP contribution in [0.1, 0.15) is 41.6 Å². The third-order valence-corrected chi connectivity index (χ3v) is 5.89. The van der Waals surface area contributed by atoms with Gasteiger partial charge in [-0.15, -0.1) is 0 Å². The van der Waals surface area contributed by atoms with Gasteiger partial charge >= 0.3 is 0 Å². The van der Waals surface area contributed by atoms with Crippen LogP contribution in [0.2, 0.25) is 10.0 Å². The van der Waals surface area contributed by atoms with E-state index in [1.54, 1.807) is 18.2 Å². The number of Topliss-reactive ketones (excluding diaryl/α,β-unsaturated/α-hetero) is 1. The molecular weight excluding hydrogens is 427 g/mol. The molecule has 0 aliphatic carbocycles. The van der Waals surface area contributed by atoms with Crippen molar-refractivity contribution in [3.8, 4) is 0 Å². The van der Waals surface area contributed by atoms with Gasteiger partial charge in [0.2, 0.25) is 0 Å². The average molecular weight is 449 g/mol. The number of aliphatic hydroxyl groups is 1. The fourth-order valence-corrected chi connectivity index (χ4v) is 4.91. The van der Waals surface area contributed by atoms with Crippen LogP contribution < -0.4 is 0 Å². The second-order valence-electron chi connectivity index (χ2n) is 6.93. The van der Waals surface area contributed by atoms with E-state index >= 15 is 0 Å². The van der Waals surface area contributed by atoms with Gasteiger partial charge < -0.3 is 9.67 Å². The van der Waals surface area contributed by atoms with Crippen molar-refractivity contribution < 1.29 is 9.90 Å². The Morgan fingerprint density at radius 1 is 1.14 bits per heavy atom. The van der Waals surface area contributed by atoms with E-state index in [9.17, 15) is 9.90 Å². The Balaban J connectivity index is 2.05. The Morgan fingerprint density at radius 2 is 1.79 bits per heavy atom. The number of hydrogen-bond acceptors (Lipinski definition) is 4. The summed E-state index contributed by atoms with van der Waals surface area (Å²) < 4.78 is 1.90. The molecular formula is C22H22Cl2N2O2S. The van der Waals surface area contributed by atoms with E-state index < -0.39 is 0 Å². The zero-order chi connectivity index (χ0) is 21.0. The highest BCUT2D eigenvalue weighted by molar-refractivity contribution is 7.99. The smallest absolute Gasteiger partial charge is 0.182 e. The Morgan fingerprint density at radius 3 is 2.38 bits per heavy atom. The lowest BCUT2D eigenvalue weighted by Crippen LogP contribution is -2.15. The van der Waals surface area contributed by atoms with Gasteiger partial charge in [-0.05, 0) is 24.1 Å². The van der Waals surface area contributed by atoms with Gasteiger partial charge in [-0.1, -0.05) is 79.1 Å². The van der Waals surface area contributed by atoms with Crippen LogP contribution in [0.5, 0.6) is 0 Å². The van der Waals surface area contributed by atoms with Crippen molar-refractivity contribution >= 4 is 40.7 Å². The van der Waals surface area contributed by atoms with Crippen molar-refractivity contribution in [1.29, 1.82) is 0 Å². The molecule has 0 bridgehead atoms. The number of aliphatic hydroxyl groups excluding tert-OH is 1. The lowest BCUT2D eigenvalue weighted by Gasteiger charge is -2.13. The van der Waals surface area contributed by atoms with Crippen LogP contribution in [0.3, 0.4) is 0 Å². The first-order valence-electron chi connectivity index (χ1n) is 9.31. The third kappa shape index (κ3) is 5.43. The summed E-state index contributed by atoms with van der Waals surface area (Å²) in [5, 5.41) is 11.5. The second kappa shape index (κ2) is 9.81. The first kappa shape index (κ1) is 21.9. The van der Waals surface area contributed by atoms with Gasteiger partial charge in [0.15, 0.2) is 5.78 Å². The fourth-order valence-electron chi connectivity index (χ4n) is 3.00. The van der Waals surface area contributed by atoms with E-state index in [-0.39, 0.29) is 24.9 Å². The first-order chi connectivity index (χ1) is 13.9. The van der Waals surface area contributed by atoms with Crippen LogP contribution >= 0.6 is 35.0 Å². The molecule has 0 atom stereocenters. The standard InChI is InChI=1S/C22H22Cl2N2O2S/c1-14(2)21-22(29-18-11-16(23)10-17(24)12-18)26(20(25-21)8-9-27)13-19(28)15-6-4-3-5-7-15/h3-7,10-12,14,27H,8-9,13H2,1-2H3. The van der Waals surface area contributed by atoms with Crippen LogP contribution in [0.25, 0.3) is 0 Å². The highest BCUT2D eigenvalue weighted by Crippen LogP contribution is 2.37. The summed E-state index contributed by atoms with van der Waals surface area (Å²) in [4.78, 5) is 18.5. The number of halogens is 2. The molecule has 0 saturated carbocycles. The van der Waals surface area contributed by atoms with Crippen molar-refractivity contribution in [3.05, 3.63) is 75.7 Å². The molecule has 3 aromatic rings. The normalized spacial score (nSPS) is 11.2. The van der Waals surface area contributed by atoms with Gasteiger partial charge in [-0.2, -0.15) is 0 Å². The molecule has 152 valence electrons. The number of imidazole rings is 1. The van der Waals surface area contributed by atoms with Gasteiger partial charge in [0.25, 0.3) is 0 Å². The van der Waals surface area contributed by atoms with Crippen LogP contribution in [0.15, 0.2) is 58.5 Å². The minimum Gasteiger partial charge on any atom is -0.396 e. The molecule has 7 heteroatoms. The number of hydrogen-bond donors (Lipinski definition) is 1. The summed E-state index contributed by atoms with van der Waals surface area (Å²) >= 11 is 13.8. The SMILES string of the molecule is CC(C)c1nc(CCO)n(CC(=O)c2ccccc2)c1Sc1cc(Cl)cc(Cl)c1. The number of rotatable bonds is 8. The molecule has 4 nitrogen and oxygen atoms in total. The molecule has 0 fully saturated rings. The number of nitrogens with zero attached hydrogens (tertiary/aromatic N) is 2. The van der Waals surface area contributed by atoms with E-state index in [0.717, 1.165) is 15.6 Å². The molecule has 0 saturated heterocycles. The second-order valence-corrected chi connectivity index (χ2v) is 8.86. The first-order valence-corrected chi connectivity index (χ1v) is 10.9. The monoisotopic (exact) mass is 448 g/mol. The molecule has 0 aliphatic rings. The van der Waals surface area contributed by atoms with Gasteiger partial charge in [0.05, 0.1) is 18.8 Å². The van der Waals surface area contributed by atoms with E-state index in [1.807, 2.05) is 34.9 Å². The molecule has 1 N–H and O–H groups in total. The van der Waals surface area contributed by atoms with E-state index in [4.69, 9.17) is 28.2 Å². The van der Waals surface area contributed by atoms with Crippen LogP contribution in [-0.2, 0) is 13.0 Å². The lowest BCUT2D eigenvalue weighted by atomic mass is 10.1. The molecule has 0 aliphatic heterocycles. The third-order valence-electron chi connectivity index (χ3n) is 4.36. The van der Waals surface area contributed by atoms with Gasteiger partial charge in [0.1, 0.15) is 10.9 Å². The maximum atomic E-state index is 12.9. The molecule has 0 unspecified atom stereocenters. The zero-order valence-corrected chi connectivity index (χ0v) is 18.6. The maximum Gasteiger partial charge on any atom is 0.182 e. The highest BCUT2D eigenvalue weighted by Gasteiger charge is 2.22. The van der Waals surface area contributed by atoms with Crippen molar-refractivity contribution in [2.45, 2.75) is 42.7 Å². The maximum absolute atomic E-state index is 12.9. The van der Waals surface area contributed by atoms with E-state index in [0.29, 0.717) is 27.9 Å². The quantitative estimate of drug-likeness (QED) is 0.436. The predicted octanol–water partition coefficient (Wildman–Crippen LogP) is 5.88. The van der Waals surface area contributed by atoms with Crippen LogP contribution in [0.4, 0.5) is 0 Å². The van der Waals surface area contributed by atoms with Gasteiger partial charge in [0, 0.05) is 26.9 Å². The largest absolute Gasteiger partial charge is 0.396 e. The summed E-state index contributed by atoms with van der Waals surface area (Å²) in [5.41, 5.74) is 1.53. The number of carbonyl (C=O) groups is 1. The number of ketones is 1. The topological polar surface area (TPSA) is 55.1 Å². The highest BCUT2D eigenvalue weighted by atomic mass is 35.5. The summed E-state index contributed by atoms with van der Waals surface area (Å²) in [6.07, 6.45) is 0.374. The van der Waals surface area contributed by atoms with Crippen molar-refractivity contribution in [1.82, 2.24) is 9.55 Å². The number of carbonyl (C=O) groups excluding carboxylic acids is 1. The van der Waals surface area contributed by atoms with Crippen molar-refractivity contribution in [2.75, 3.05) is 6.61 Å². The summed E-state index contributed by atoms with van der Waals surface area (Å²) in [7, 11) is 0. The number of aromatic nitrogens is 2. The lowest BCUT2D eigenvalue weighted by molar-refractivity contribution is 0.0967. The predicted molar refractivity (Wildman–Crippen MR) is 118 cm³/mol. The zero-order valence-electron chi connectivity index (χ0n) is 16.2. The van der Waals surface area contributed by atoms with Gasteiger partial charge in [-0.25, -0.2) is 4.98 Å². The molecule has 0 spiro atoms. The molecule has 2 aromatic carbocycles. The van der Waals surface area contributed by atoms with E-state index in [2.05, 4.69) is 13.8 Å². The minimum atomic E-state index is -0.0405. The van der Waals surface area contributed by atoms with Crippen LogP contribution in [0, 0.1) is 0 Å². The molecule has 1 heterocycles. The molecule has 1 aromatic heterocycles. The summed E-state index contributed by atoms with van der Waals surface area (Å²) in [6, 6.07) is 14.5. The van der Waals surface area contributed by atoms with Crippen LogP contribution in [-0.4, -0.2) is 27.0 Å². The Hall–Kier alpha value is -1.79. The fraction of sp³-hybridized carbons (Fsp3) is 0.273. The van der Waals surface area contributed by atoms with Gasteiger partial charge in [-0.3, -0.25) is 4.79 Å². The summed E-state index contributed by atoms with van der Waals surface area (Å²) in [6.45, 7) is 4.23. The average Bonchev–Trinajstić information content (AvgIpc) is 2.99. The summed E-state index contributed by atoms with van der Waals surface area (Å²) in [5.74, 6) is 0.831. The molecule has 0 amide bonds. The molecule has 3 rings (SSSR count). The molecule has 29 heavy (non-hydrogen) atoms. The molecule has 0 radical (unpaired) electrons. The van der Waals surface area contributed by atoms with E-state index in [1.165, 1.54) is 11.8 Å². The van der Waals surface area contributed by atoms with Crippen molar-refractivity contribution in [3.63, 3.8) is 0 Å². The minimum absolute atomic E-state index is 0.0107. The Kier molecular flexibility index (Phi) is 7.41. The number of benzene rings is 2.